The molecule has 1 aromatic heterocycles. The second-order valence-corrected chi connectivity index (χ2v) is 6.26. The summed E-state index contributed by atoms with van der Waals surface area (Å²) >= 11 is 0. The third-order valence-corrected chi connectivity index (χ3v) is 4.29. The number of nitrogens with zero attached hydrogens (tertiary/aromatic N) is 1. The number of benzene rings is 2. The van der Waals surface area contributed by atoms with Crippen molar-refractivity contribution in [3.63, 3.8) is 0 Å². The average Bonchev–Trinajstić information content (AvgIpc) is 3.08. The van der Waals surface area contributed by atoms with E-state index in [1.54, 1.807) is 6.26 Å². The molecule has 0 radical (unpaired) electrons. The lowest BCUT2D eigenvalue weighted by Crippen LogP contribution is -2.23. The van der Waals surface area contributed by atoms with Crippen molar-refractivity contribution in [3.8, 4) is 11.3 Å². The van der Waals surface area contributed by atoms with Crippen LogP contribution in [-0.2, 0) is 17.8 Å². The fourth-order valence-corrected chi connectivity index (χ4v) is 2.80. The van der Waals surface area contributed by atoms with Gasteiger partial charge in [-0.25, -0.2) is 0 Å². The molecular formula is C21H22N2O2. The largest absolute Gasteiger partial charge is 0.364 e. The molecule has 1 amide bonds. The normalized spacial score (nSPS) is 10.6. The first-order chi connectivity index (χ1) is 12.1. The van der Waals surface area contributed by atoms with Crippen molar-refractivity contribution in [2.24, 2.45) is 0 Å². The predicted molar refractivity (Wildman–Crippen MR) is 98.0 cm³/mol. The molecule has 4 heteroatoms. The summed E-state index contributed by atoms with van der Waals surface area (Å²) in [7, 11) is 0. The minimum atomic E-state index is 0.0274. The quantitative estimate of drug-likeness (QED) is 0.735. The highest BCUT2D eigenvalue weighted by atomic mass is 16.5. The Kier molecular flexibility index (Phi) is 5.29. The van der Waals surface area contributed by atoms with Crippen LogP contribution in [0, 0.1) is 13.8 Å². The lowest BCUT2D eigenvalue weighted by molar-refractivity contribution is -0.121. The topological polar surface area (TPSA) is 55.1 Å². The number of hydrogen-bond acceptors (Lipinski definition) is 3. The van der Waals surface area contributed by atoms with Crippen molar-refractivity contribution in [2.45, 2.75) is 33.2 Å². The zero-order chi connectivity index (χ0) is 17.6. The Balaban J connectivity index is 1.58. The summed E-state index contributed by atoms with van der Waals surface area (Å²) in [5, 5.41) is 7.08. The standard InChI is InChI=1S/C21H22N2O2/c1-15-6-5-9-17(12-15)21-19(14-25-23-21)10-11-20(24)22-13-18-8-4-3-7-16(18)2/h3-9,12,14H,10-11,13H2,1-2H3,(H,22,24). The van der Waals surface area contributed by atoms with Crippen LogP contribution >= 0.6 is 0 Å². The maximum atomic E-state index is 12.2. The van der Waals surface area contributed by atoms with Crippen LogP contribution in [0.4, 0.5) is 0 Å². The summed E-state index contributed by atoms with van der Waals surface area (Å²) < 4.78 is 5.14. The molecule has 4 nitrogen and oxygen atoms in total. The minimum absolute atomic E-state index is 0.0274. The Hall–Kier alpha value is -2.88. The Bertz CT molecular complexity index is 868. The number of hydrogen-bond donors (Lipinski definition) is 1. The number of amides is 1. The number of nitrogens with one attached hydrogen (secondary N) is 1. The molecule has 0 unspecified atom stereocenters. The summed E-state index contributed by atoms with van der Waals surface area (Å²) in [4.78, 5) is 12.2. The summed E-state index contributed by atoms with van der Waals surface area (Å²) in [6.45, 7) is 4.65. The van der Waals surface area contributed by atoms with E-state index in [0.29, 0.717) is 19.4 Å². The molecule has 0 fully saturated rings. The van der Waals surface area contributed by atoms with Crippen LogP contribution < -0.4 is 5.32 Å². The van der Waals surface area contributed by atoms with E-state index < -0.39 is 0 Å². The van der Waals surface area contributed by atoms with Crippen molar-refractivity contribution < 1.29 is 9.32 Å². The first-order valence-electron chi connectivity index (χ1n) is 8.45. The lowest BCUT2D eigenvalue weighted by atomic mass is 10.0. The smallest absolute Gasteiger partial charge is 0.220 e. The molecule has 0 bridgehead atoms. The van der Waals surface area contributed by atoms with Gasteiger partial charge in [-0.1, -0.05) is 53.2 Å². The van der Waals surface area contributed by atoms with Crippen molar-refractivity contribution in [1.29, 1.82) is 0 Å². The van der Waals surface area contributed by atoms with Gasteiger partial charge in [-0.2, -0.15) is 0 Å². The van der Waals surface area contributed by atoms with Crippen LogP contribution in [0.15, 0.2) is 59.3 Å². The minimum Gasteiger partial charge on any atom is -0.364 e. The Labute approximate surface area is 147 Å². The number of carbonyl (C=O) groups is 1. The Morgan fingerprint density at radius 1 is 1.08 bits per heavy atom. The van der Waals surface area contributed by atoms with E-state index in [4.69, 9.17) is 4.52 Å². The molecule has 0 aliphatic rings. The van der Waals surface area contributed by atoms with Gasteiger partial charge in [0.1, 0.15) is 12.0 Å². The summed E-state index contributed by atoms with van der Waals surface area (Å²) in [6.07, 6.45) is 2.64. The van der Waals surface area contributed by atoms with Gasteiger partial charge in [0.2, 0.25) is 5.91 Å². The van der Waals surface area contributed by atoms with Gasteiger partial charge in [0.25, 0.3) is 0 Å². The number of carbonyl (C=O) groups excluding carboxylic acids is 1. The second-order valence-electron chi connectivity index (χ2n) is 6.26. The molecule has 0 saturated heterocycles. The summed E-state index contributed by atoms with van der Waals surface area (Å²) in [5.41, 5.74) is 6.28. The highest BCUT2D eigenvalue weighted by Crippen LogP contribution is 2.24. The van der Waals surface area contributed by atoms with Crippen LogP contribution in [0.3, 0.4) is 0 Å². The highest BCUT2D eigenvalue weighted by Gasteiger charge is 2.12. The zero-order valence-electron chi connectivity index (χ0n) is 14.6. The first kappa shape index (κ1) is 17.0. The Morgan fingerprint density at radius 2 is 1.92 bits per heavy atom. The molecule has 0 saturated carbocycles. The lowest BCUT2D eigenvalue weighted by Gasteiger charge is -2.08. The van der Waals surface area contributed by atoms with Crippen LogP contribution in [0.1, 0.15) is 28.7 Å². The highest BCUT2D eigenvalue weighted by molar-refractivity contribution is 5.76. The van der Waals surface area contributed by atoms with E-state index in [2.05, 4.69) is 16.5 Å². The third-order valence-electron chi connectivity index (χ3n) is 4.29. The van der Waals surface area contributed by atoms with Crippen molar-refractivity contribution >= 4 is 5.91 Å². The van der Waals surface area contributed by atoms with Crippen molar-refractivity contribution in [1.82, 2.24) is 10.5 Å². The molecule has 128 valence electrons. The molecule has 25 heavy (non-hydrogen) atoms. The van der Waals surface area contributed by atoms with E-state index >= 15 is 0 Å². The molecule has 3 rings (SSSR count). The Morgan fingerprint density at radius 3 is 2.72 bits per heavy atom. The van der Waals surface area contributed by atoms with E-state index in [1.807, 2.05) is 56.3 Å². The average molecular weight is 334 g/mol. The fourth-order valence-electron chi connectivity index (χ4n) is 2.80. The SMILES string of the molecule is Cc1cccc(-c2nocc2CCC(=O)NCc2ccccc2C)c1. The number of rotatable bonds is 6. The summed E-state index contributed by atoms with van der Waals surface area (Å²) in [5.74, 6) is 0.0274. The van der Waals surface area contributed by atoms with E-state index in [9.17, 15) is 4.79 Å². The van der Waals surface area contributed by atoms with Gasteiger partial charge < -0.3 is 9.84 Å². The van der Waals surface area contributed by atoms with E-state index in [1.165, 1.54) is 11.1 Å². The van der Waals surface area contributed by atoms with E-state index in [-0.39, 0.29) is 5.91 Å². The molecule has 2 aromatic carbocycles. The first-order valence-corrected chi connectivity index (χ1v) is 8.45. The van der Waals surface area contributed by atoms with Gasteiger partial charge in [-0.15, -0.1) is 0 Å². The molecule has 0 aliphatic carbocycles. The van der Waals surface area contributed by atoms with Crippen molar-refractivity contribution in [3.05, 3.63) is 77.0 Å². The van der Waals surface area contributed by atoms with Gasteiger partial charge in [0, 0.05) is 24.1 Å². The maximum Gasteiger partial charge on any atom is 0.220 e. The zero-order valence-corrected chi connectivity index (χ0v) is 14.6. The molecule has 0 spiro atoms. The molecule has 1 N–H and O–H groups in total. The van der Waals surface area contributed by atoms with Crippen LogP contribution in [0.5, 0.6) is 0 Å². The molecule has 0 aliphatic heterocycles. The predicted octanol–water partition coefficient (Wildman–Crippen LogP) is 4.21. The number of aromatic nitrogens is 1. The summed E-state index contributed by atoms with van der Waals surface area (Å²) in [6, 6.07) is 16.2. The second kappa shape index (κ2) is 7.79. The number of aryl methyl sites for hydroxylation is 3. The van der Waals surface area contributed by atoms with E-state index in [0.717, 1.165) is 22.4 Å². The van der Waals surface area contributed by atoms with Crippen LogP contribution in [0.2, 0.25) is 0 Å². The molecule has 3 aromatic rings. The molecule has 0 atom stereocenters. The molecule has 1 heterocycles. The van der Waals surface area contributed by atoms with Gasteiger partial charge >= 0.3 is 0 Å². The van der Waals surface area contributed by atoms with Crippen LogP contribution in [-0.4, -0.2) is 11.1 Å². The van der Waals surface area contributed by atoms with Gasteiger partial charge in [0.05, 0.1) is 0 Å². The maximum absolute atomic E-state index is 12.2. The van der Waals surface area contributed by atoms with Crippen molar-refractivity contribution in [2.75, 3.05) is 0 Å². The van der Waals surface area contributed by atoms with Crippen LogP contribution in [0.25, 0.3) is 11.3 Å². The monoisotopic (exact) mass is 334 g/mol. The fraction of sp³-hybridized carbons (Fsp3) is 0.238. The van der Waals surface area contributed by atoms with Gasteiger partial charge in [0.15, 0.2) is 0 Å². The van der Waals surface area contributed by atoms with Gasteiger partial charge in [-0.05, 0) is 37.5 Å². The molecular weight excluding hydrogens is 312 g/mol. The van der Waals surface area contributed by atoms with Gasteiger partial charge in [-0.3, -0.25) is 4.79 Å². The third kappa shape index (κ3) is 4.35.